The van der Waals surface area contributed by atoms with Gasteiger partial charge in [-0.1, -0.05) is 5.92 Å². The van der Waals surface area contributed by atoms with E-state index in [-0.39, 0.29) is 12.5 Å². The van der Waals surface area contributed by atoms with E-state index in [0.29, 0.717) is 0 Å². The normalized spacial score (nSPS) is 7.33. The molecule has 0 aromatic carbocycles. The molecular formula is C6H7ClO2. The smallest absolute Gasteiger partial charge is 0.321 e. The standard InChI is InChI=1S/C6H7ClO2/c1-2-3-4-9-6(8)5-7/h4-5H2,1H3. The first-order valence-corrected chi connectivity index (χ1v) is 2.96. The lowest BCUT2D eigenvalue weighted by Crippen LogP contribution is -2.05. The van der Waals surface area contributed by atoms with E-state index >= 15 is 0 Å². The van der Waals surface area contributed by atoms with E-state index in [1.807, 2.05) is 0 Å². The molecule has 0 radical (unpaired) electrons. The summed E-state index contributed by atoms with van der Waals surface area (Å²) in [6, 6.07) is 0. The minimum atomic E-state index is -0.431. The van der Waals surface area contributed by atoms with Crippen molar-refractivity contribution in [2.45, 2.75) is 6.92 Å². The number of alkyl halides is 1. The van der Waals surface area contributed by atoms with E-state index in [9.17, 15) is 4.79 Å². The van der Waals surface area contributed by atoms with Crippen LogP contribution < -0.4 is 0 Å². The summed E-state index contributed by atoms with van der Waals surface area (Å²) in [7, 11) is 0. The fourth-order valence-electron chi connectivity index (χ4n) is 0.227. The van der Waals surface area contributed by atoms with Crippen molar-refractivity contribution in [3.05, 3.63) is 0 Å². The molecule has 0 aromatic rings. The Labute approximate surface area is 59.1 Å². The van der Waals surface area contributed by atoms with Gasteiger partial charge in [0.25, 0.3) is 0 Å². The summed E-state index contributed by atoms with van der Waals surface area (Å²) in [6.45, 7) is 1.82. The summed E-state index contributed by atoms with van der Waals surface area (Å²) in [6.07, 6.45) is 0. The number of ether oxygens (including phenoxy) is 1. The van der Waals surface area contributed by atoms with Crippen LogP contribution in [0.25, 0.3) is 0 Å². The summed E-state index contributed by atoms with van der Waals surface area (Å²) < 4.78 is 4.49. The van der Waals surface area contributed by atoms with E-state index in [4.69, 9.17) is 11.6 Å². The fourth-order valence-corrected chi connectivity index (χ4v) is 0.304. The molecule has 0 aliphatic rings. The Morgan fingerprint density at radius 3 is 2.89 bits per heavy atom. The highest BCUT2D eigenvalue weighted by molar-refractivity contribution is 6.26. The second-order valence-corrected chi connectivity index (χ2v) is 1.49. The molecule has 0 saturated carbocycles. The van der Waals surface area contributed by atoms with E-state index in [1.54, 1.807) is 6.92 Å². The second kappa shape index (κ2) is 5.46. The zero-order valence-electron chi connectivity index (χ0n) is 5.11. The van der Waals surface area contributed by atoms with Crippen molar-refractivity contribution in [3.63, 3.8) is 0 Å². The lowest BCUT2D eigenvalue weighted by atomic mass is 10.6. The lowest BCUT2D eigenvalue weighted by Gasteiger charge is -1.92. The SMILES string of the molecule is CC#CCOC(=O)CCl. The van der Waals surface area contributed by atoms with Crippen LogP contribution in [0.15, 0.2) is 0 Å². The van der Waals surface area contributed by atoms with Gasteiger partial charge in [0.1, 0.15) is 5.88 Å². The molecule has 0 aliphatic heterocycles. The van der Waals surface area contributed by atoms with Crippen LogP contribution in [0.5, 0.6) is 0 Å². The van der Waals surface area contributed by atoms with E-state index in [2.05, 4.69) is 16.6 Å². The van der Waals surface area contributed by atoms with E-state index < -0.39 is 5.97 Å². The molecule has 0 N–H and O–H groups in total. The van der Waals surface area contributed by atoms with Crippen LogP contribution >= 0.6 is 11.6 Å². The molecule has 0 spiro atoms. The van der Waals surface area contributed by atoms with Crippen LogP contribution in [-0.4, -0.2) is 18.5 Å². The maximum atomic E-state index is 10.3. The van der Waals surface area contributed by atoms with Crippen molar-refractivity contribution in [1.29, 1.82) is 0 Å². The van der Waals surface area contributed by atoms with Crippen LogP contribution in [0.1, 0.15) is 6.92 Å². The first-order chi connectivity index (χ1) is 4.31. The van der Waals surface area contributed by atoms with Gasteiger partial charge in [-0.3, -0.25) is 4.79 Å². The monoisotopic (exact) mass is 146 g/mol. The Morgan fingerprint density at radius 2 is 2.44 bits per heavy atom. The van der Waals surface area contributed by atoms with Crippen molar-refractivity contribution < 1.29 is 9.53 Å². The topological polar surface area (TPSA) is 26.3 Å². The summed E-state index contributed by atoms with van der Waals surface area (Å²) in [5.74, 6) is 4.60. The van der Waals surface area contributed by atoms with Gasteiger partial charge in [0.05, 0.1) is 0 Å². The van der Waals surface area contributed by atoms with Crippen molar-refractivity contribution in [2.24, 2.45) is 0 Å². The number of hydrogen-bond donors (Lipinski definition) is 0. The first-order valence-electron chi connectivity index (χ1n) is 2.42. The average Bonchev–Trinajstić information content (AvgIpc) is 1.89. The molecule has 0 unspecified atom stereocenters. The lowest BCUT2D eigenvalue weighted by molar-refractivity contribution is -0.139. The molecule has 0 bridgehead atoms. The van der Waals surface area contributed by atoms with Crippen LogP contribution in [0.3, 0.4) is 0 Å². The summed E-state index contributed by atoms with van der Waals surface area (Å²) >= 11 is 5.11. The number of halogens is 1. The quantitative estimate of drug-likeness (QED) is 0.327. The number of carbonyl (C=O) groups is 1. The molecular weight excluding hydrogens is 140 g/mol. The number of carbonyl (C=O) groups excluding carboxylic acids is 1. The van der Waals surface area contributed by atoms with Crippen molar-refractivity contribution >= 4 is 17.6 Å². The largest absolute Gasteiger partial charge is 0.452 e. The minimum absolute atomic E-state index is 0.106. The molecule has 0 heterocycles. The fraction of sp³-hybridized carbons (Fsp3) is 0.500. The molecule has 0 fully saturated rings. The van der Waals surface area contributed by atoms with Gasteiger partial charge in [-0.15, -0.1) is 17.5 Å². The first kappa shape index (κ1) is 8.32. The molecule has 0 rings (SSSR count). The van der Waals surface area contributed by atoms with Gasteiger partial charge in [-0.25, -0.2) is 0 Å². The van der Waals surface area contributed by atoms with Gasteiger partial charge in [0, 0.05) is 0 Å². The average molecular weight is 147 g/mol. The summed E-state index contributed by atoms with van der Waals surface area (Å²) in [5, 5.41) is 0. The Bertz CT molecular complexity index is 143. The predicted molar refractivity (Wildman–Crippen MR) is 35.1 cm³/mol. The number of hydrogen-bond acceptors (Lipinski definition) is 2. The van der Waals surface area contributed by atoms with Crippen molar-refractivity contribution in [1.82, 2.24) is 0 Å². The minimum Gasteiger partial charge on any atom is -0.452 e. The molecule has 2 nitrogen and oxygen atoms in total. The number of rotatable bonds is 2. The van der Waals surface area contributed by atoms with Gasteiger partial charge in [0.15, 0.2) is 6.61 Å². The molecule has 0 aromatic heterocycles. The van der Waals surface area contributed by atoms with E-state index in [0.717, 1.165) is 0 Å². The molecule has 0 saturated heterocycles. The molecule has 50 valence electrons. The third-order valence-electron chi connectivity index (χ3n) is 0.591. The highest BCUT2D eigenvalue weighted by atomic mass is 35.5. The Balaban J connectivity index is 3.24. The summed E-state index contributed by atoms with van der Waals surface area (Å²) in [4.78, 5) is 10.3. The Hall–Kier alpha value is -0.680. The third kappa shape index (κ3) is 5.19. The van der Waals surface area contributed by atoms with Gasteiger partial charge in [-0.05, 0) is 6.92 Å². The maximum Gasteiger partial charge on any atom is 0.321 e. The van der Waals surface area contributed by atoms with Crippen LogP contribution in [-0.2, 0) is 9.53 Å². The highest BCUT2D eigenvalue weighted by Gasteiger charge is 1.94. The van der Waals surface area contributed by atoms with Gasteiger partial charge >= 0.3 is 5.97 Å². The predicted octanol–water partition coefficient (Wildman–Crippen LogP) is 0.792. The number of esters is 1. The second-order valence-electron chi connectivity index (χ2n) is 1.22. The summed E-state index contributed by atoms with van der Waals surface area (Å²) in [5.41, 5.74) is 0. The zero-order chi connectivity index (χ0) is 7.11. The zero-order valence-corrected chi connectivity index (χ0v) is 5.86. The Morgan fingerprint density at radius 1 is 1.78 bits per heavy atom. The van der Waals surface area contributed by atoms with Gasteiger partial charge in [0.2, 0.25) is 0 Å². The Kier molecular flexibility index (Phi) is 5.04. The highest BCUT2D eigenvalue weighted by Crippen LogP contribution is 1.80. The van der Waals surface area contributed by atoms with Gasteiger partial charge < -0.3 is 4.74 Å². The third-order valence-corrected chi connectivity index (χ3v) is 0.809. The molecule has 9 heavy (non-hydrogen) atoms. The molecule has 0 atom stereocenters. The molecule has 0 amide bonds. The van der Waals surface area contributed by atoms with Crippen LogP contribution in [0.2, 0.25) is 0 Å². The van der Waals surface area contributed by atoms with Crippen molar-refractivity contribution in [2.75, 3.05) is 12.5 Å². The van der Waals surface area contributed by atoms with Crippen LogP contribution in [0, 0.1) is 11.8 Å². The van der Waals surface area contributed by atoms with Crippen LogP contribution in [0.4, 0.5) is 0 Å². The van der Waals surface area contributed by atoms with Crippen molar-refractivity contribution in [3.8, 4) is 11.8 Å². The van der Waals surface area contributed by atoms with Gasteiger partial charge in [-0.2, -0.15) is 0 Å². The molecule has 0 aliphatic carbocycles. The van der Waals surface area contributed by atoms with E-state index in [1.165, 1.54) is 0 Å². The molecule has 3 heteroatoms. The maximum absolute atomic E-state index is 10.3.